The summed E-state index contributed by atoms with van der Waals surface area (Å²) < 4.78 is 19.5. The van der Waals surface area contributed by atoms with Crippen LogP contribution < -0.4 is 0 Å². The fraction of sp³-hybridized carbons (Fsp3) is 0.550. The molecular formula is C20H25FN2O2. The SMILES string of the molecule is O=C(Cc1c[nH]c2cc(F)ccc12)N1CCC(OC2CCCC2)CC1. The number of piperidine rings is 1. The monoisotopic (exact) mass is 344 g/mol. The van der Waals surface area contributed by atoms with E-state index in [9.17, 15) is 9.18 Å². The molecule has 1 aromatic carbocycles. The lowest BCUT2D eigenvalue weighted by atomic mass is 10.1. The molecule has 2 fully saturated rings. The van der Waals surface area contributed by atoms with Crippen molar-refractivity contribution >= 4 is 16.8 Å². The van der Waals surface area contributed by atoms with E-state index in [1.165, 1.54) is 37.8 Å². The number of aromatic nitrogens is 1. The fourth-order valence-corrected chi connectivity index (χ4v) is 4.12. The minimum absolute atomic E-state index is 0.143. The molecule has 4 rings (SSSR count). The van der Waals surface area contributed by atoms with E-state index < -0.39 is 0 Å². The number of carbonyl (C=O) groups excluding carboxylic acids is 1. The predicted molar refractivity (Wildman–Crippen MR) is 94.9 cm³/mol. The van der Waals surface area contributed by atoms with Crippen LogP contribution in [-0.4, -0.2) is 41.1 Å². The van der Waals surface area contributed by atoms with E-state index in [1.807, 2.05) is 11.1 Å². The topological polar surface area (TPSA) is 45.3 Å². The maximum Gasteiger partial charge on any atom is 0.227 e. The molecule has 0 spiro atoms. The van der Waals surface area contributed by atoms with Crippen LogP contribution in [0.4, 0.5) is 4.39 Å². The first-order valence-electron chi connectivity index (χ1n) is 9.38. The highest BCUT2D eigenvalue weighted by Crippen LogP contribution is 2.26. The first-order chi connectivity index (χ1) is 12.2. The Morgan fingerprint density at radius 3 is 2.64 bits per heavy atom. The number of halogens is 1. The normalized spacial score (nSPS) is 19.8. The summed E-state index contributed by atoms with van der Waals surface area (Å²) in [5.74, 6) is -0.124. The van der Waals surface area contributed by atoms with E-state index in [0.717, 1.165) is 42.4 Å². The lowest BCUT2D eigenvalue weighted by Gasteiger charge is -2.33. The van der Waals surface area contributed by atoms with Crippen molar-refractivity contribution in [3.8, 4) is 0 Å². The summed E-state index contributed by atoms with van der Waals surface area (Å²) in [6, 6.07) is 4.65. The highest BCUT2D eigenvalue weighted by molar-refractivity contribution is 5.89. The van der Waals surface area contributed by atoms with E-state index in [1.54, 1.807) is 6.07 Å². The van der Waals surface area contributed by atoms with Gasteiger partial charge in [0, 0.05) is 30.2 Å². The third-order valence-electron chi connectivity index (χ3n) is 5.55. The van der Waals surface area contributed by atoms with Gasteiger partial charge in [-0.3, -0.25) is 4.79 Å². The van der Waals surface area contributed by atoms with Crippen LogP contribution in [0.15, 0.2) is 24.4 Å². The molecule has 1 saturated carbocycles. The van der Waals surface area contributed by atoms with Crippen LogP contribution in [0, 0.1) is 5.82 Å². The van der Waals surface area contributed by atoms with E-state index in [-0.39, 0.29) is 11.7 Å². The van der Waals surface area contributed by atoms with Crippen LogP contribution in [0.3, 0.4) is 0 Å². The maximum atomic E-state index is 13.3. The highest BCUT2D eigenvalue weighted by atomic mass is 19.1. The van der Waals surface area contributed by atoms with Crippen LogP contribution in [0.2, 0.25) is 0 Å². The molecule has 2 aromatic rings. The molecule has 2 aliphatic rings. The maximum absolute atomic E-state index is 13.3. The van der Waals surface area contributed by atoms with Crippen molar-refractivity contribution < 1.29 is 13.9 Å². The Hall–Kier alpha value is -1.88. The summed E-state index contributed by atoms with van der Waals surface area (Å²) in [5.41, 5.74) is 1.68. The molecule has 1 aliphatic carbocycles. The van der Waals surface area contributed by atoms with Gasteiger partial charge in [0.1, 0.15) is 5.82 Å². The minimum Gasteiger partial charge on any atom is -0.375 e. The Kier molecular flexibility index (Phi) is 4.75. The molecule has 0 bridgehead atoms. The van der Waals surface area contributed by atoms with Crippen molar-refractivity contribution in [3.63, 3.8) is 0 Å². The molecule has 1 amide bonds. The van der Waals surface area contributed by atoms with Crippen molar-refractivity contribution in [1.29, 1.82) is 0 Å². The van der Waals surface area contributed by atoms with Gasteiger partial charge in [-0.2, -0.15) is 0 Å². The minimum atomic E-state index is -0.267. The number of rotatable bonds is 4. The Morgan fingerprint density at radius 2 is 1.88 bits per heavy atom. The van der Waals surface area contributed by atoms with Gasteiger partial charge in [-0.1, -0.05) is 12.8 Å². The van der Waals surface area contributed by atoms with Gasteiger partial charge in [0.15, 0.2) is 0 Å². The summed E-state index contributed by atoms with van der Waals surface area (Å²) in [6.07, 6.45) is 9.76. The second-order valence-electron chi connectivity index (χ2n) is 7.30. The molecule has 5 heteroatoms. The summed E-state index contributed by atoms with van der Waals surface area (Å²) >= 11 is 0. The van der Waals surface area contributed by atoms with Gasteiger partial charge in [0.05, 0.1) is 18.6 Å². The molecule has 0 atom stereocenters. The summed E-state index contributed by atoms with van der Waals surface area (Å²) in [6.45, 7) is 1.54. The third-order valence-corrected chi connectivity index (χ3v) is 5.55. The Balaban J connectivity index is 1.32. The van der Waals surface area contributed by atoms with Gasteiger partial charge in [-0.25, -0.2) is 4.39 Å². The lowest BCUT2D eigenvalue weighted by Crippen LogP contribution is -2.42. The first-order valence-corrected chi connectivity index (χ1v) is 9.38. The molecule has 1 aromatic heterocycles. The molecular weight excluding hydrogens is 319 g/mol. The van der Waals surface area contributed by atoms with Gasteiger partial charge < -0.3 is 14.6 Å². The third kappa shape index (κ3) is 3.71. The molecule has 134 valence electrons. The van der Waals surface area contributed by atoms with E-state index in [0.29, 0.717) is 18.6 Å². The van der Waals surface area contributed by atoms with Crippen LogP contribution in [0.5, 0.6) is 0 Å². The zero-order chi connectivity index (χ0) is 17.2. The lowest BCUT2D eigenvalue weighted by molar-refractivity contribution is -0.133. The smallest absolute Gasteiger partial charge is 0.227 e. The number of aromatic amines is 1. The van der Waals surface area contributed by atoms with Crippen molar-refractivity contribution in [3.05, 3.63) is 35.8 Å². The molecule has 4 nitrogen and oxygen atoms in total. The number of ether oxygens (including phenoxy) is 1. The molecule has 25 heavy (non-hydrogen) atoms. The summed E-state index contributed by atoms with van der Waals surface area (Å²) in [4.78, 5) is 17.6. The number of amides is 1. The molecule has 1 saturated heterocycles. The standard InChI is InChI=1S/C20H25FN2O2/c21-15-5-6-18-14(13-22-19(18)12-15)11-20(24)23-9-7-17(8-10-23)25-16-3-1-2-4-16/h5-6,12-13,16-17,22H,1-4,7-11H2. The number of hydrogen-bond acceptors (Lipinski definition) is 2. The number of likely N-dealkylation sites (tertiary alicyclic amines) is 1. The largest absolute Gasteiger partial charge is 0.375 e. The predicted octanol–water partition coefficient (Wildman–Crippen LogP) is 3.80. The number of nitrogens with zero attached hydrogens (tertiary/aromatic N) is 1. The summed E-state index contributed by atoms with van der Waals surface area (Å²) in [5, 5.41) is 0.925. The first kappa shape index (κ1) is 16.6. The molecule has 1 aliphatic heterocycles. The van der Waals surface area contributed by atoms with Crippen LogP contribution in [0.25, 0.3) is 10.9 Å². The number of carbonyl (C=O) groups is 1. The number of fused-ring (bicyclic) bond motifs is 1. The average molecular weight is 344 g/mol. The van der Waals surface area contributed by atoms with Crippen LogP contribution >= 0.6 is 0 Å². The van der Waals surface area contributed by atoms with E-state index >= 15 is 0 Å². The zero-order valence-corrected chi connectivity index (χ0v) is 14.5. The van der Waals surface area contributed by atoms with Gasteiger partial charge in [0.2, 0.25) is 5.91 Å². The Morgan fingerprint density at radius 1 is 1.16 bits per heavy atom. The van der Waals surface area contributed by atoms with E-state index in [4.69, 9.17) is 4.74 Å². The highest BCUT2D eigenvalue weighted by Gasteiger charge is 2.27. The van der Waals surface area contributed by atoms with Crippen molar-refractivity contribution in [1.82, 2.24) is 9.88 Å². The average Bonchev–Trinajstić information content (AvgIpc) is 3.25. The van der Waals surface area contributed by atoms with Crippen molar-refractivity contribution in [2.45, 2.75) is 57.2 Å². The van der Waals surface area contributed by atoms with E-state index in [2.05, 4.69) is 4.98 Å². The molecule has 0 unspecified atom stereocenters. The van der Waals surface area contributed by atoms with Crippen molar-refractivity contribution in [2.24, 2.45) is 0 Å². The second kappa shape index (κ2) is 7.16. The van der Waals surface area contributed by atoms with Gasteiger partial charge >= 0.3 is 0 Å². The second-order valence-corrected chi connectivity index (χ2v) is 7.30. The number of H-pyrrole nitrogens is 1. The Bertz CT molecular complexity index is 743. The molecule has 2 heterocycles. The van der Waals surface area contributed by atoms with Crippen LogP contribution in [0.1, 0.15) is 44.1 Å². The number of hydrogen-bond donors (Lipinski definition) is 1. The number of benzene rings is 1. The van der Waals surface area contributed by atoms with Gasteiger partial charge in [-0.05, 0) is 49.4 Å². The molecule has 0 radical (unpaired) electrons. The summed E-state index contributed by atoms with van der Waals surface area (Å²) in [7, 11) is 0. The number of nitrogens with one attached hydrogen (secondary N) is 1. The molecule has 1 N–H and O–H groups in total. The van der Waals surface area contributed by atoms with Crippen molar-refractivity contribution in [2.75, 3.05) is 13.1 Å². The quantitative estimate of drug-likeness (QED) is 0.917. The van der Waals surface area contributed by atoms with Gasteiger partial charge in [-0.15, -0.1) is 0 Å². The Labute approximate surface area is 147 Å². The fourth-order valence-electron chi connectivity index (χ4n) is 4.12. The van der Waals surface area contributed by atoms with Crippen LogP contribution in [-0.2, 0) is 16.0 Å². The zero-order valence-electron chi connectivity index (χ0n) is 14.5. The van der Waals surface area contributed by atoms with Gasteiger partial charge in [0.25, 0.3) is 0 Å².